The van der Waals surface area contributed by atoms with Crippen LogP contribution in [0.3, 0.4) is 0 Å². The van der Waals surface area contributed by atoms with Crippen molar-refractivity contribution in [3.8, 4) is 0 Å². The van der Waals surface area contributed by atoms with E-state index in [1.54, 1.807) is 0 Å². The molecule has 0 aromatic carbocycles. The van der Waals surface area contributed by atoms with Crippen molar-refractivity contribution in [1.82, 2.24) is 10.6 Å². The lowest BCUT2D eigenvalue weighted by molar-refractivity contribution is -0.145. The zero-order valence-corrected chi connectivity index (χ0v) is 9.20. The lowest BCUT2D eigenvalue weighted by Crippen LogP contribution is -2.42. The normalized spacial score (nSPS) is 14.3. The third-order valence-corrected chi connectivity index (χ3v) is 2.05. The molecule has 0 heterocycles. The van der Waals surface area contributed by atoms with Crippen LogP contribution in [-0.4, -0.2) is 55.9 Å². The number of hydrogen-bond donors (Lipinski definition) is 5. The molecule has 0 aliphatic rings. The van der Waals surface area contributed by atoms with Gasteiger partial charge in [-0.1, -0.05) is 0 Å². The molecule has 0 rings (SSSR count). The number of carboxylic acids is 2. The van der Waals surface area contributed by atoms with Crippen molar-refractivity contribution < 1.29 is 28.6 Å². The van der Waals surface area contributed by atoms with Gasteiger partial charge in [0.25, 0.3) is 0 Å². The molecule has 0 spiro atoms. The number of carbonyl (C=O) groups is 2. The number of nitrogens with one attached hydrogen (secondary N) is 2. The van der Waals surface area contributed by atoms with Crippen molar-refractivity contribution in [3.05, 3.63) is 0 Å². The Kier molecular flexibility index (Phi) is 7.64. The summed E-state index contributed by atoms with van der Waals surface area (Å²) >= 11 is -1.95. The minimum Gasteiger partial charge on any atom is -0.481 e. The van der Waals surface area contributed by atoms with Crippen molar-refractivity contribution in [1.29, 1.82) is 0 Å². The molecular formula is C7H14N2O6S. The molecule has 0 aliphatic carbocycles. The van der Waals surface area contributed by atoms with E-state index in [9.17, 15) is 13.8 Å². The molecule has 94 valence electrons. The third kappa shape index (κ3) is 8.29. The van der Waals surface area contributed by atoms with Crippen LogP contribution in [0.15, 0.2) is 0 Å². The van der Waals surface area contributed by atoms with E-state index in [4.69, 9.17) is 14.8 Å². The average molecular weight is 254 g/mol. The zero-order valence-electron chi connectivity index (χ0n) is 8.38. The molecule has 0 saturated heterocycles. The van der Waals surface area contributed by atoms with E-state index in [2.05, 4.69) is 10.6 Å². The van der Waals surface area contributed by atoms with E-state index in [1.165, 1.54) is 0 Å². The van der Waals surface area contributed by atoms with Crippen LogP contribution in [-0.2, 0) is 20.7 Å². The molecular weight excluding hydrogens is 240 g/mol. The van der Waals surface area contributed by atoms with Gasteiger partial charge in [-0.2, -0.15) is 0 Å². The highest BCUT2D eigenvalue weighted by Crippen LogP contribution is 1.91. The Morgan fingerprint density at radius 1 is 1.25 bits per heavy atom. The first-order valence-corrected chi connectivity index (χ1v) is 5.67. The summed E-state index contributed by atoms with van der Waals surface area (Å²) in [6.07, 6.45) is -0.513. The Morgan fingerprint density at radius 2 is 1.88 bits per heavy atom. The van der Waals surface area contributed by atoms with Gasteiger partial charge in [0.1, 0.15) is 6.04 Å². The van der Waals surface area contributed by atoms with Crippen LogP contribution in [0.5, 0.6) is 0 Å². The van der Waals surface area contributed by atoms with E-state index in [0.717, 1.165) is 0 Å². The highest BCUT2D eigenvalue weighted by molar-refractivity contribution is 7.79. The van der Waals surface area contributed by atoms with Gasteiger partial charge in [-0.25, -0.2) is 4.21 Å². The van der Waals surface area contributed by atoms with Gasteiger partial charge in [0.05, 0.1) is 12.3 Å². The minimum absolute atomic E-state index is 0.113. The SMILES string of the molecule is O=C(O)CC(NCCNCS(=O)O)C(=O)O. The van der Waals surface area contributed by atoms with Crippen molar-refractivity contribution in [2.45, 2.75) is 12.5 Å². The van der Waals surface area contributed by atoms with Gasteiger partial charge < -0.3 is 25.4 Å². The summed E-state index contributed by atoms with van der Waals surface area (Å²) in [4.78, 5) is 20.9. The van der Waals surface area contributed by atoms with Gasteiger partial charge in [-0.3, -0.25) is 9.59 Å². The quantitative estimate of drug-likeness (QED) is 0.242. The summed E-state index contributed by atoms with van der Waals surface area (Å²) in [5, 5.41) is 22.1. The Morgan fingerprint density at radius 3 is 2.31 bits per heavy atom. The fraction of sp³-hybridized carbons (Fsp3) is 0.714. The Labute approximate surface area is 94.3 Å². The summed E-state index contributed by atoms with van der Waals surface area (Å²) in [6, 6.07) is -1.15. The summed E-state index contributed by atoms with van der Waals surface area (Å²) in [5.74, 6) is -2.56. The Balaban J connectivity index is 3.72. The van der Waals surface area contributed by atoms with Gasteiger partial charge in [0, 0.05) is 13.1 Å². The summed E-state index contributed by atoms with van der Waals surface area (Å²) in [6.45, 7) is 0.469. The predicted molar refractivity (Wildman–Crippen MR) is 55.3 cm³/mol. The van der Waals surface area contributed by atoms with Crippen molar-refractivity contribution in [2.75, 3.05) is 19.0 Å². The molecule has 0 fully saturated rings. The number of carboxylic acid groups (broad SMARTS) is 2. The van der Waals surface area contributed by atoms with Crippen LogP contribution < -0.4 is 10.6 Å². The maximum absolute atomic E-state index is 10.6. The largest absolute Gasteiger partial charge is 0.481 e. The Hall–Kier alpha value is -1.03. The summed E-state index contributed by atoms with van der Waals surface area (Å²) in [7, 11) is 0. The molecule has 0 aromatic rings. The Bertz CT molecular complexity index is 272. The lowest BCUT2D eigenvalue weighted by atomic mass is 10.2. The van der Waals surface area contributed by atoms with E-state index >= 15 is 0 Å². The van der Waals surface area contributed by atoms with Gasteiger partial charge in [0.15, 0.2) is 11.1 Å². The molecule has 9 heteroatoms. The third-order valence-electron chi connectivity index (χ3n) is 1.59. The van der Waals surface area contributed by atoms with Gasteiger partial charge in [-0.15, -0.1) is 0 Å². The number of hydrogen-bond acceptors (Lipinski definition) is 5. The number of rotatable bonds is 9. The fourth-order valence-electron chi connectivity index (χ4n) is 0.916. The van der Waals surface area contributed by atoms with Crippen LogP contribution in [0, 0.1) is 0 Å². The molecule has 0 amide bonds. The fourth-order valence-corrected chi connectivity index (χ4v) is 1.23. The highest BCUT2D eigenvalue weighted by atomic mass is 32.2. The van der Waals surface area contributed by atoms with Crippen LogP contribution in [0.1, 0.15) is 6.42 Å². The van der Waals surface area contributed by atoms with Crippen LogP contribution >= 0.6 is 0 Å². The monoisotopic (exact) mass is 254 g/mol. The summed E-state index contributed by atoms with van der Waals surface area (Å²) in [5.41, 5.74) is 0. The lowest BCUT2D eigenvalue weighted by Gasteiger charge is -2.11. The van der Waals surface area contributed by atoms with Crippen molar-refractivity contribution >= 4 is 23.0 Å². The summed E-state index contributed by atoms with van der Waals surface area (Å²) < 4.78 is 18.6. The van der Waals surface area contributed by atoms with Crippen molar-refractivity contribution in [3.63, 3.8) is 0 Å². The second-order valence-electron chi connectivity index (χ2n) is 2.91. The van der Waals surface area contributed by atoms with Crippen LogP contribution in [0.25, 0.3) is 0 Å². The molecule has 0 radical (unpaired) electrons. The first kappa shape index (κ1) is 15.0. The first-order valence-electron chi connectivity index (χ1n) is 4.39. The first-order chi connectivity index (χ1) is 7.43. The van der Waals surface area contributed by atoms with Crippen LogP contribution in [0.4, 0.5) is 0 Å². The molecule has 5 N–H and O–H groups in total. The van der Waals surface area contributed by atoms with E-state index in [1.807, 2.05) is 0 Å². The second kappa shape index (κ2) is 8.16. The van der Waals surface area contributed by atoms with E-state index in [0.29, 0.717) is 0 Å². The second-order valence-corrected chi connectivity index (χ2v) is 3.84. The molecule has 0 aromatic heterocycles. The van der Waals surface area contributed by atoms with Gasteiger partial charge >= 0.3 is 11.9 Å². The molecule has 2 atom stereocenters. The maximum atomic E-state index is 10.6. The minimum atomic E-state index is -1.95. The number of aliphatic carboxylic acids is 2. The van der Waals surface area contributed by atoms with E-state index in [-0.39, 0.29) is 19.0 Å². The standard InChI is InChI=1S/C7H14N2O6S/c10-6(11)3-5(7(12)13)9-2-1-8-4-16(14)15/h5,8-9H,1-4H2,(H,10,11)(H,12,13)(H,14,15). The van der Waals surface area contributed by atoms with Crippen molar-refractivity contribution in [2.24, 2.45) is 0 Å². The van der Waals surface area contributed by atoms with Gasteiger partial charge in [-0.05, 0) is 0 Å². The predicted octanol–water partition coefficient (Wildman–Crippen LogP) is -1.73. The molecule has 0 bridgehead atoms. The van der Waals surface area contributed by atoms with Crippen LogP contribution in [0.2, 0.25) is 0 Å². The van der Waals surface area contributed by atoms with Gasteiger partial charge in [0.2, 0.25) is 0 Å². The molecule has 0 aliphatic heterocycles. The van der Waals surface area contributed by atoms with E-state index < -0.39 is 35.5 Å². The highest BCUT2D eigenvalue weighted by Gasteiger charge is 2.19. The molecule has 0 saturated carbocycles. The smallest absolute Gasteiger partial charge is 0.321 e. The molecule has 16 heavy (non-hydrogen) atoms. The topological polar surface area (TPSA) is 136 Å². The molecule has 8 nitrogen and oxygen atoms in total. The molecule has 2 unspecified atom stereocenters. The zero-order chi connectivity index (χ0) is 12.6. The maximum Gasteiger partial charge on any atom is 0.321 e. The average Bonchev–Trinajstić information content (AvgIpc) is 2.14.